The summed E-state index contributed by atoms with van der Waals surface area (Å²) < 4.78 is 15.9. The van der Waals surface area contributed by atoms with E-state index in [0.717, 1.165) is 30.2 Å². The average Bonchev–Trinajstić information content (AvgIpc) is 2.86. The molecule has 0 aliphatic carbocycles. The van der Waals surface area contributed by atoms with Crippen molar-refractivity contribution < 1.29 is 19.0 Å². The summed E-state index contributed by atoms with van der Waals surface area (Å²) >= 11 is 0. The quantitative estimate of drug-likeness (QED) is 0.545. The van der Waals surface area contributed by atoms with Crippen LogP contribution in [-0.2, 0) is 11.2 Å². The number of carbonyl (C=O) groups excluding carboxylic acids is 1. The number of rotatable bonds is 7. The Bertz CT molecular complexity index is 1070. The van der Waals surface area contributed by atoms with Gasteiger partial charge >= 0.3 is 5.97 Å². The first kappa shape index (κ1) is 21.7. The zero-order chi connectivity index (χ0) is 22.5. The van der Waals surface area contributed by atoms with Crippen molar-refractivity contribution in [2.75, 3.05) is 33.2 Å². The lowest BCUT2D eigenvalue weighted by molar-refractivity contribution is 0.0601. The Morgan fingerprint density at radius 1 is 0.969 bits per heavy atom. The fourth-order valence-corrected chi connectivity index (χ4v) is 4.17. The molecule has 0 spiro atoms. The van der Waals surface area contributed by atoms with Gasteiger partial charge in [-0.15, -0.1) is 0 Å². The predicted molar refractivity (Wildman–Crippen MR) is 125 cm³/mol. The van der Waals surface area contributed by atoms with Crippen molar-refractivity contribution in [1.29, 1.82) is 0 Å². The van der Waals surface area contributed by atoms with Crippen LogP contribution in [0, 0.1) is 0 Å². The number of hydrogen-bond donors (Lipinski definition) is 2. The van der Waals surface area contributed by atoms with Gasteiger partial charge < -0.3 is 24.8 Å². The number of anilines is 1. The van der Waals surface area contributed by atoms with E-state index in [4.69, 9.17) is 14.2 Å². The summed E-state index contributed by atoms with van der Waals surface area (Å²) in [6.07, 6.45) is 0.853. The van der Waals surface area contributed by atoms with Crippen LogP contribution in [0.5, 0.6) is 11.5 Å². The molecule has 2 N–H and O–H groups in total. The zero-order valence-electron chi connectivity index (χ0n) is 18.6. The SMILES string of the molecule is COC(=O)c1ccc(NC[C@@H]2Cc3cc(OC)c(OC)cc3[C@H](c3ccccc3)N2)cc1. The first-order chi connectivity index (χ1) is 15.6. The number of carbonyl (C=O) groups is 1. The van der Waals surface area contributed by atoms with Gasteiger partial charge in [-0.1, -0.05) is 30.3 Å². The molecule has 3 aromatic rings. The van der Waals surface area contributed by atoms with Gasteiger partial charge in [0.2, 0.25) is 0 Å². The monoisotopic (exact) mass is 432 g/mol. The molecule has 1 heterocycles. The molecule has 4 rings (SSSR count). The highest BCUT2D eigenvalue weighted by Crippen LogP contribution is 2.38. The molecular weight excluding hydrogens is 404 g/mol. The van der Waals surface area contributed by atoms with E-state index >= 15 is 0 Å². The lowest BCUT2D eigenvalue weighted by atomic mass is 9.86. The topological polar surface area (TPSA) is 68.8 Å². The molecule has 0 saturated heterocycles. The number of methoxy groups -OCH3 is 3. The average molecular weight is 433 g/mol. The summed E-state index contributed by atoms with van der Waals surface area (Å²) in [7, 11) is 4.71. The normalized spacial score (nSPS) is 17.2. The van der Waals surface area contributed by atoms with Gasteiger partial charge in [-0.2, -0.15) is 0 Å². The summed E-state index contributed by atoms with van der Waals surface area (Å²) in [5, 5.41) is 7.27. The summed E-state index contributed by atoms with van der Waals surface area (Å²) in [6, 6.07) is 22.2. The molecule has 0 radical (unpaired) electrons. The van der Waals surface area contributed by atoms with Crippen molar-refractivity contribution in [1.82, 2.24) is 5.32 Å². The number of ether oxygens (including phenoxy) is 3. The molecule has 0 aromatic heterocycles. The van der Waals surface area contributed by atoms with Crippen LogP contribution in [0.1, 0.15) is 33.1 Å². The second-order valence-corrected chi connectivity index (χ2v) is 7.77. The van der Waals surface area contributed by atoms with Crippen LogP contribution in [0.15, 0.2) is 66.7 Å². The van der Waals surface area contributed by atoms with Gasteiger partial charge in [0.05, 0.1) is 32.9 Å². The summed E-state index contributed by atoms with van der Waals surface area (Å²) in [4.78, 5) is 11.6. The fourth-order valence-electron chi connectivity index (χ4n) is 4.17. The molecule has 0 amide bonds. The lowest BCUT2D eigenvalue weighted by Gasteiger charge is -2.34. The van der Waals surface area contributed by atoms with Crippen LogP contribution in [0.3, 0.4) is 0 Å². The Morgan fingerprint density at radius 2 is 1.66 bits per heavy atom. The maximum atomic E-state index is 11.6. The van der Waals surface area contributed by atoms with Crippen molar-refractivity contribution >= 4 is 11.7 Å². The van der Waals surface area contributed by atoms with Crippen molar-refractivity contribution in [2.24, 2.45) is 0 Å². The van der Waals surface area contributed by atoms with Crippen LogP contribution in [0.2, 0.25) is 0 Å². The number of nitrogens with one attached hydrogen (secondary N) is 2. The van der Waals surface area contributed by atoms with Crippen LogP contribution >= 0.6 is 0 Å². The van der Waals surface area contributed by atoms with Crippen molar-refractivity contribution in [3.63, 3.8) is 0 Å². The molecule has 1 aliphatic rings. The van der Waals surface area contributed by atoms with Crippen LogP contribution in [0.4, 0.5) is 5.69 Å². The Labute approximate surface area is 188 Å². The van der Waals surface area contributed by atoms with Gasteiger partial charge in [0.25, 0.3) is 0 Å². The van der Waals surface area contributed by atoms with E-state index in [2.05, 4.69) is 47.0 Å². The minimum Gasteiger partial charge on any atom is -0.493 e. The number of benzene rings is 3. The highest BCUT2D eigenvalue weighted by molar-refractivity contribution is 5.89. The molecule has 6 nitrogen and oxygen atoms in total. The van der Waals surface area contributed by atoms with Crippen LogP contribution < -0.4 is 20.1 Å². The Balaban J connectivity index is 1.57. The number of esters is 1. The van der Waals surface area contributed by atoms with E-state index in [1.54, 1.807) is 26.4 Å². The van der Waals surface area contributed by atoms with Gasteiger partial charge in [-0.05, 0) is 59.5 Å². The summed E-state index contributed by atoms with van der Waals surface area (Å²) in [6.45, 7) is 0.731. The van der Waals surface area contributed by atoms with E-state index in [1.807, 2.05) is 18.2 Å². The van der Waals surface area contributed by atoms with Gasteiger partial charge in [0, 0.05) is 18.3 Å². The van der Waals surface area contributed by atoms with E-state index in [1.165, 1.54) is 23.8 Å². The van der Waals surface area contributed by atoms with Gasteiger partial charge in [0.1, 0.15) is 0 Å². The largest absolute Gasteiger partial charge is 0.493 e. The molecule has 3 aromatic carbocycles. The Morgan fingerprint density at radius 3 is 2.31 bits per heavy atom. The van der Waals surface area contributed by atoms with Crippen LogP contribution in [-0.4, -0.2) is 39.9 Å². The van der Waals surface area contributed by atoms with E-state index < -0.39 is 0 Å². The van der Waals surface area contributed by atoms with E-state index in [-0.39, 0.29) is 18.1 Å². The zero-order valence-corrected chi connectivity index (χ0v) is 18.6. The fraction of sp³-hybridized carbons (Fsp3) is 0.269. The Kier molecular flexibility index (Phi) is 6.61. The second-order valence-electron chi connectivity index (χ2n) is 7.77. The van der Waals surface area contributed by atoms with Crippen molar-refractivity contribution in [2.45, 2.75) is 18.5 Å². The summed E-state index contributed by atoms with van der Waals surface area (Å²) in [5.74, 6) is 1.14. The third kappa shape index (κ3) is 4.55. The minimum absolute atomic E-state index is 0.0493. The van der Waals surface area contributed by atoms with Crippen molar-refractivity contribution in [3.8, 4) is 11.5 Å². The standard InChI is InChI=1S/C26H28N2O4/c1-30-23-14-19-13-21(16-27-20-11-9-18(10-12-20)26(29)32-3)28-25(17-7-5-4-6-8-17)22(19)15-24(23)31-2/h4-12,14-15,21,25,27-28H,13,16H2,1-3H3/t21-,25-/m0/s1. The molecule has 0 fully saturated rings. The smallest absolute Gasteiger partial charge is 0.337 e. The molecule has 0 saturated carbocycles. The molecule has 6 heteroatoms. The molecule has 1 aliphatic heterocycles. The molecule has 0 bridgehead atoms. The maximum absolute atomic E-state index is 11.6. The van der Waals surface area contributed by atoms with Gasteiger partial charge in [-0.25, -0.2) is 4.79 Å². The number of hydrogen-bond acceptors (Lipinski definition) is 6. The van der Waals surface area contributed by atoms with Crippen molar-refractivity contribution in [3.05, 3.63) is 89.0 Å². The molecule has 166 valence electrons. The second kappa shape index (κ2) is 9.75. The van der Waals surface area contributed by atoms with Gasteiger partial charge in [0.15, 0.2) is 11.5 Å². The highest BCUT2D eigenvalue weighted by Gasteiger charge is 2.29. The first-order valence-corrected chi connectivity index (χ1v) is 10.6. The van der Waals surface area contributed by atoms with E-state index in [0.29, 0.717) is 5.56 Å². The van der Waals surface area contributed by atoms with Crippen LogP contribution in [0.25, 0.3) is 0 Å². The predicted octanol–water partition coefficient (Wildman–Crippen LogP) is 4.21. The summed E-state index contributed by atoms with van der Waals surface area (Å²) in [5.41, 5.74) is 5.13. The first-order valence-electron chi connectivity index (χ1n) is 10.6. The minimum atomic E-state index is -0.336. The molecule has 0 unspecified atom stereocenters. The molecular formula is C26H28N2O4. The third-order valence-corrected chi connectivity index (χ3v) is 5.82. The number of fused-ring (bicyclic) bond motifs is 1. The van der Waals surface area contributed by atoms with Gasteiger partial charge in [-0.3, -0.25) is 0 Å². The Hall–Kier alpha value is -3.51. The maximum Gasteiger partial charge on any atom is 0.337 e. The third-order valence-electron chi connectivity index (χ3n) is 5.82. The molecule has 32 heavy (non-hydrogen) atoms. The lowest BCUT2D eigenvalue weighted by Crippen LogP contribution is -2.44. The van der Waals surface area contributed by atoms with E-state index in [9.17, 15) is 4.79 Å². The molecule has 2 atom stereocenters. The highest BCUT2D eigenvalue weighted by atomic mass is 16.5.